The van der Waals surface area contributed by atoms with Crippen LogP contribution in [-0.2, 0) is 9.86 Å². The average Bonchev–Trinajstić information content (AvgIpc) is 2.92. The molecule has 0 aliphatic carbocycles. The number of aromatic nitrogens is 1. The molecule has 1 aromatic heterocycles. The number of ether oxygens (including phenoxy) is 2. The molecular weight excluding hydrogens is 358 g/mol. The number of nitrogens with zero attached hydrogens (tertiary/aromatic N) is 2. The molecule has 7 heteroatoms. The fraction of sp³-hybridized carbons (Fsp3) is 0.389. The van der Waals surface area contributed by atoms with E-state index in [1.807, 2.05) is 47.8 Å². The lowest BCUT2D eigenvalue weighted by Gasteiger charge is -2.33. The molecule has 2 heterocycles. The van der Waals surface area contributed by atoms with Crippen molar-refractivity contribution >= 4 is 34.9 Å². The first-order valence-corrected chi connectivity index (χ1v) is 9.66. The summed E-state index contributed by atoms with van der Waals surface area (Å²) in [6.45, 7) is 3.25. The van der Waals surface area contributed by atoms with E-state index in [0.717, 1.165) is 34.8 Å². The number of fused-ring (bicyclic) bond motifs is 1. The maximum absolute atomic E-state index is 7.04. The molecule has 1 unspecified atom stereocenters. The van der Waals surface area contributed by atoms with Gasteiger partial charge in [0.15, 0.2) is 0 Å². The molecule has 0 fully saturated rings. The third-order valence-corrected chi connectivity index (χ3v) is 5.48. The highest BCUT2D eigenvalue weighted by atomic mass is 35.5. The Kier molecular flexibility index (Phi) is 5.61. The molecule has 1 aliphatic rings. The Bertz CT molecular complexity index is 746. The monoisotopic (exact) mass is 379 g/mol. The van der Waals surface area contributed by atoms with E-state index in [4.69, 9.17) is 21.1 Å². The van der Waals surface area contributed by atoms with Crippen molar-refractivity contribution in [3.63, 3.8) is 0 Å². The number of anilines is 2. The minimum Gasteiger partial charge on any atom is -0.493 e. The molecule has 25 heavy (non-hydrogen) atoms. The number of para-hydroxylation sites is 2. The summed E-state index contributed by atoms with van der Waals surface area (Å²) in [5.41, 5.74) is 3.69. The topological polar surface area (TPSA) is 46.6 Å². The second-order valence-electron chi connectivity index (χ2n) is 5.72. The van der Waals surface area contributed by atoms with E-state index < -0.39 is 5.12 Å². The first kappa shape index (κ1) is 18.2. The van der Waals surface area contributed by atoms with Crippen LogP contribution in [-0.4, -0.2) is 31.6 Å². The number of rotatable bonds is 7. The molecule has 134 valence electrons. The van der Waals surface area contributed by atoms with E-state index in [2.05, 4.69) is 10.3 Å². The summed E-state index contributed by atoms with van der Waals surface area (Å²) in [6, 6.07) is 9.93. The molecule has 0 spiro atoms. The molecule has 0 saturated carbocycles. The Labute approximate surface area is 157 Å². The number of benzene rings is 1. The highest BCUT2D eigenvalue weighted by Gasteiger charge is 2.46. The van der Waals surface area contributed by atoms with Crippen molar-refractivity contribution < 1.29 is 9.47 Å². The highest BCUT2D eigenvalue weighted by molar-refractivity contribution is 8.00. The minimum absolute atomic E-state index is 0.591. The summed E-state index contributed by atoms with van der Waals surface area (Å²) < 4.78 is 13.0. The van der Waals surface area contributed by atoms with E-state index in [1.54, 1.807) is 25.3 Å². The molecular formula is C18H22ClN3O2S. The normalized spacial score (nSPS) is 18.8. The molecule has 0 saturated heterocycles. The molecule has 3 rings (SSSR count). The van der Waals surface area contributed by atoms with E-state index in [9.17, 15) is 0 Å². The number of methoxy groups -OCH3 is 1. The zero-order valence-electron chi connectivity index (χ0n) is 14.6. The predicted octanol–water partition coefficient (Wildman–Crippen LogP) is 4.36. The number of nitrogens with one attached hydrogen (secondary N) is 1. The van der Waals surface area contributed by atoms with Crippen LogP contribution in [0.25, 0.3) is 0 Å². The third kappa shape index (κ3) is 3.38. The molecule has 0 bridgehead atoms. The van der Waals surface area contributed by atoms with Gasteiger partial charge in [-0.1, -0.05) is 23.7 Å². The SMILES string of the molecule is COCCCOc1ccnc(C2(Cl)Nc3ccccc3N2SC)c1C. The van der Waals surface area contributed by atoms with Gasteiger partial charge in [-0.15, -0.1) is 0 Å². The average molecular weight is 380 g/mol. The van der Waals surface area contributed by atoms with Gasteiger partial charge in [0, 0.05) is 38.2 Å². The predicted molar refractivity (Wildman–Crippen MR) is 105 cm³/mol. The van der Waals surface area contributed by atoms with Crippen LogP contribution >= 0.6 is 23.5 Å². The first-order valence-electron chi connectivity index (χ1n) is 8.10. The van der Waals surface area contributed by atoms with Crippen LogP contribution in [0.1, 0.15) is 17.7 Å². The summed E-state index contributed by atoms with van der Waals surface area (Å²) in [7, 11) is 1.69. The fourth-order valence-corrected chi connectivity index (χ4v) is 4.25. The molecule has 5 nitrogen and oxygen atoms in total. The van der Waals surface area contributed by atoms with Crippen LogP contribution in [0.2, 0.25) is 0 Å². The number of halogens is 1. The Morgan fingerprint density at radius 3 is 2.84 bits per heavy atom. The smallest absolute Gasteiger partial charge is 0.242 e. The van der Waals surface area contributed by atoms with E-state index in [-0.39, 0.29) is 0 Å². The fourth-order valence-electron chi connectivity index (χ4n) is 2.92. The number of alkyl halides is 1. The lowest BCUT2D eigenvalue weighted by atomic mass is 10.1. The molecule has 1 aliphatic heterocycles. The lowest BCUT2D eigenvalue weighted by molar-refractivity contribution is 0.172. The Morgan fingerprint density at radius 2 is 2.08 bits per heavy atom. The summed E-state index contributed by atoms with van der Waals surface area (Å²) in [5.74, 6) is 0.792. The molecule has 2 aromatic rings. The summed E-state index contributed by atoms with van der Waals surface area (Å²) in [6.07, 6.45) is 4.57. The van der Waals surface area contributed by atoms with Crippen molar-refractivity contribution in [2.24, 2.45) is 0 Å². The second-order valence-corrected chi connectivity index (χ2v) is 7.00. The number of pyridine rings is 1. The molecule has 1 atom stereocenters. The van der Waals surface area contributed by atoms with E-state index in [1.165, 1.54) is 0 Å². The van der Waals surface area contributed by atoms with E-state index in [0.29, 0.717) is 13.2 Å². The second kappa shape index (κ2) is 7.72. The summed E-state index contributed by atoms with van der Waals surface area (Å²) in [4.78, 5) is 4.56. The van der Waals surface area contributed by atoms with Crippen LogP contribution in [0, 0.1) is 6.92 Å². The van der Waals surface area contributed by atoms with Crippen molar-refractivity contribution in [3.05, 3.63) is 47.8 Å². The van der Waals surface area contributed by atoms with Crippen molar-refractivity contribution in [1.29, 1.82) is 0 Å². The third-order valence-electron chi connectivity index (χ3n) is 4.10. The largest absolute Gasteiger partial charge is 0.493 e. The van der Waals surface area contributed by atoms with Gasteiger partial charge in [-0.05, 0) is 37.1 Å². The quantitative estimate of drug-likeness (QED) is 0.333. The van der Waals surface area contributed by atoms with Crippen molar-refractivity contribution in [1.82, 2.24) is 4.98 Å². The van der Waals surface area contributed by atoms with Crippen molar-refractivity contribution in [3.8, 4) is 5.75 Å². The standard InChI is InChI=1S/C18H22ClN3O2S/c1-13-16(24-12-6-11-23-2)9-10-20-17(13)18(19)21-14-7-4-5-8-15(14)22(18)25-3/h4-5,7-10,21H,6,11-12H2,1-3H3. The first-order chi connectivity index (χ1) is 12.1. The van der Waals surface area contributed by atoms with Crippen molar-refractivity contribution in [2.45, 2.75) is 18.5 Å². The van der Waals surface area contributed by atoms with Crippen LogP contribution in [0.15, 0.2) is 36.5 Å². The molecule has 0 radical (unpaired) electrons. The van der Waals surface area contributed by atoms with Gasteiger partial charge in [-0.25, -0.2) is 0 Å². The maximum Gasteiger partial charge on any atom is 0.242 e. The van der Waals surface area contributed by atoms with Crippen LogP contribution in [0.3, 0.4) is 0 Å². The van der Waals surface area contributed by atoms with Gasteiger partial charge in [0.1, 0.15) is 11.4 Å². The summed E-state index contributed by atoms with van der Waals surface area (Å²) in [5, 5.41) is 2.45. The lowest BCUT2D eigenvalue weighted by Crippen LogP contribution is -2.40. The van der Waals surface area contributed by atoms with Gasteiger partial charge in [0.25, 0.3) is 0 Å². The van der Waals surface area contributed by atoms with Gasteiger partial charge in [0.2, 0.25) is 5.12 Å². The van der Waals surface area contributed by atoms with Crippen LogP contribution in [0.5, 0.6) is 5.75 Å². The Balaban J connectivity index is 1.91. The van der Waals surface area contributed by atoms with Gasteiger partial charge in [-0.3, -0.25) is 9.29 Å². The molecule has 1 aromatic carbocycles. The Hall–Kier alpha value is -1.63. The molecule has 1 N–H and O–H groups in total. The minimum atomic E-state index is -0.959. The van der Waals surface area contributed by atoms with Crippen LogP contribution < -0.4 is 14.4 Å². The zero-order valence-corrected chi connectivity index (χ0v) is 16.2. The van der Waals surface area contributed by atoms with Gasteiger partial charge in [-0.2, -0.15) is 0 Å². The van der Waals surface area contributed by atoms with Gasteiger partial charge >= 0.3 is 0 Å². The number of hydrogen-bond donors (Lipinski definition) is 1. The van der Waals surface area contributed by atoms with Gasteiger partial charge < -0.3 is 14.8 Å². The Morgan fingerprint density at radius 1 is 1.28 bits per heavy atom. The number of hydrogen-bond acceptors (Lipinski definition) is 6. The molecule has 0 amide bonds. The van der Waals surface area contributed by atoms with Crippen LogP contribution in [0.4, 0.5) is 11.4 Å². The summed E-state index contributed by atoms with van der Waals surface area (Å²) >= 11 is 8.60. The maximum atomic E-state index is 7.04. The van der Waals surface area contributed by atoms with Crippen molar-refractivity contribution in [2.75, 3.05) is 36.2 Å². The highest BCUT2D eigenvalue weighted by Crippen LogP contribution is 2.51. The van der Waals surface area contributed by atoms with E-state index >= 15 is 0 Å². The van der Waals surface area contributed by atoms with Gasteiger partial charge in [0.05, 0.1) is 18.0 Å². The zero-order chi connectivity index (χ0) is 17.9.